The van der Waals surface area contributed by atoms with Gasteiger partial charge in [-0.25, -0.2) is 4.98 Å². The number of thiophene rings is 1. The first kappa shape index (κ1) is 33.4. The smallest absolute Gasteiger partial charge is 0.227 e. The van der Waals surface area contributed by atoms with Gasteiger partial charge in [0.15, 0.2) is 5.58 Å². The SMILES string of the molecule is CC1(C)c2ccccc2-c2ccc(N(c3ccccc3)c3cc(N(c4ccccc4)c4cccc5c4sc4ccccc45)c4oc(-c5ccccc5)nc4c3)cc21. The lowest BCUT2D eigenvalue weighted by Crippen LogP contribution is -2.17. The summed E-state index contributed by atoms with van der Waals surface area (Å²) in [6.07, 6.45) is 0. The third-order valence-electron chi connectivity index (χ3n) is 11.5. The Bertz CT molecular complexity index is 3110. The molecule has 0 fully saturated rings. The van der Waals surface area contributed by atoms with Gasteiger partial charge in [0.05, 0.1) is 21.8 Å². The molecular weight excluding hydrogens is 715 g/mol. The van der Waals surface area contributed by atoms with E-state index in [1.54, 1.807) is 0 Å². The summed E-state index contributed by atoms with van der Waals surface area (Å²) >= 11 is 1.83. The number of aromatic nitrogens is 1. The second-order valence-corrected chi connectivity index (χ2v) is 16.2. The summed E-state index contributed by atoms with van der Waals surface area (Å²) in [7, 11) is 0. The predicted molar refractivity (Wildman–Crippen MR) is 239 cm³/mol. The molecule has 4 nitrogen and oxygen atoms in total. The van der Waals surface area contributed by atoms with Gasteiger partial charge in [-0.2, -0.15) is 0 Å². The highest BCUT2D eigenvalue weighted by Gasteiger charge is 2.36. The summed E-state index contributed by atoms with van der Waals surface area (Å²) in [5, 5.41) is 2.49. The fourth-order valence-corrected chi connectivity index (χ4v) is 9.96. The molecule has 57 heavy (non-hydrogen) atoms. The molecule has 0 unspecified atom stereocenters. The predicted octanol–water partition coefficient (Wildman–Crippen LogP) is 15.1. The van der Waals surface area contributed by atoms with Crippen LogP contribution < -0.4 is 9.80 Å². The summed E-state index contributed by atoms with van der Waals surface area (Å²) in [4.78, 5) is 9.95. The van der Waals surface area contributed by atoms with Gasteiger partial charge < -0.3 is 14.2 Å². The van der Waals surface area contributed by atoms with Gasteiger partial charge in [0.1, 0.15) is 5.52 Å². The van der Waals surface area contributed by atoms with Gasteiger partial charge in [0.25, 0.3) is 0 Å². The molecule has 0 atom stereocenters. The molecule has 0 saturated heterocycles. The Morgan fingerprint density at radius 1 is 0.491 bits per heavy atom. The molecule has 0 N–H and O–H groups in total. The van der Waals surface area contributed by atoms with Gasteiger partial charge in [-0.1, -0.05) is 129 Å². The molecule has 10 aromatic rings. The first-order valence-electron chi connectivity index (χ1n) is 19.4. The van der Waals surface area contributed by atoms with E-state index in [1.807, 2.05) is 29.5 Å². The van der Waals surface area contributed by atoms with Gasteiger partial charge >= 0.3 is 0 Å². The highest BCUT2D eigenvalue weighted by Crippen LogP contribution is 2.52. The molecule has 1 aliphatic carbocycles. The zero-order valence-corrected chi connectivity index (χ0v) is 32.4. The van der Waals surface area contributed by atoms with Crippen LogP contribution in [0.4, 0.5) is 34.1 Å². The van der Waals surface area contributed by atoms with Crippen molar-refractivity contribution in [3.05, 3.63) is 199 Å². The van der Waals surface area contributed by atoms with Crippen molar-refractivity contribution >= 4 is 76.7 Å². The Morgan fingerprint density at radius 2 is 1.14 bits per heavy atom. The van der Waals surface area contributed by atoms with Gasteiger partial charge in [0, 0.05) is 43.5 Å². The molecule has 0 aliphatic heterocycles. The number of benzene rings is 8. The molecule has 2 aromatic heterocycles. The van der Waals surface area contributed by atoms with Crippen molar-refractivity contribution in [1.82, 2.24) is 4.98 Å². The third-order valence-corrected chi connectivity index (χ3v) is 12.7. The van der Waals surface area contributed by atoms with Crippen LogP contribution in [0.3, 0.4) is 0 Å². The number of para-hydroxylation sites is 2. The number of oxazole rings is 1. The highest BCUT2D eigenvalue weighted by atomic mass is 32.1. The van der Waals surface area contributed by atoms with Crippen molar-refractivity contribution < 1.29 is 4.42 Å². The molecule has 0 bridgehead atoms. The van der Waals surface area contributed by atoms with Crippen LogP contribution in [0.2, 0.25) is 0 Å². The minimum Gasteiger partial charge on any atom is -0.434 e. The van der Waals surface area contributed by atoms with Crippen molar-refractivity contribution in [3.8, 4) is 22.6 Å². The fourth-order valence-electron chi connectivity index (χ4n) is 8.75. The lowest BCUT2D eigenvalue weighted by Gasteiger charge is -2.30. The number of hydrogen-bond donors (Lipinski definition) is 0. The van der Waals surface area contributed by atoms with Crippen molar-refractivity contribution in [3.63, 3.8) is 0 Å². The Morgan fingerprint density at radius 3 is 1.93 bits per heavy atom. The molecule has 11 rings (SSSR count). The van der Waals surface area contributed by atoms with Crippen LogP contribution in [-0.4, -0.2) is 4.98 Å². The standard InChI is InChI=1S/C52H37N3OS/c1-52(2)43-26-14-12-23-39(43)40-30-29-37(31-44(40)52)54(35-19-8-4-9-20-35)38-32-45-49(56-51(53-45)34-17-6-3-7-18-34)47(33-38)55(36-21-10-5-11-22-36)46-27-16-25-42-41-24-13-15-28-48(41)57-50(42)46/h3-33H,1-2H3. The maximum absolute atomic E-state index is 6.88. The van der Waals surface area contributed by atoms with Crippen molar-refractivity contribution in [2.45, 2.75) is 19.3 Å². The normalized spacial score (nSPS) is 12.9. The van der Waals surface area contributed by atoms with E-state index in [9.17, 15) is 0 Å². The van der Waals surface area contributed by atoms with E-state index in [0.717, 1.165) is 50.8 Å². The molecule has 0 radical (unpaired) electrons. The largest absolute Gasteiger partial charge is 0.434 e. The van der Waals surface area contributed by atoms with Crippen LogP contribution in [0.5, 0.6) is 0 Å². The summed E-state index contributed by atoms with van der Waals surface area (Å²) in [6, 6.07) is 67.0. The summed E-state index contributed by atoms with van der Waals surface area (Å²) in [5.41, 5.74) is 13.7. The van der Waals surface area contributed by atoms with Crippen LogP contribution in [0.25, 0.3) is 53.9 Å². The van der Waals surface area contributed by atoms with Crippen LogP contribution in [0.1, 0.15) is 25.0 Å². The third kappa shape index (κ3) is 5.38. The quantitative estimate of drug-likeness (QED) is 0.162. The van der Waals surface area contributed by atoms with E-state index in [2.05, 4.69) is 194 Å². The second-order valence-electron chi connectivity index (χ2n) is 15.2. The average Bonchev–Trinajstić information content (AvgIpc) is 3.93. The van der Waals surface area contributed by atoms with E-state index in [1.165, 1.54) is 42.4 Å². The lowest BCUT2D eigenvalue weighted by molar-refractivity contribution is 0.620. The molecule has 2 heterocycles. The number of fused-ring (bicyclic) bond motifs is 7. The van der Waals surface area contributed by atoms with Crippen molar-refractivity contribution in [2.75, 3.05) is 9.80 Å². The Labute approximate surface area is 335 Å². The second kappa shape index (κ2) is 13.1. The zero-order chi connectivity index (χ0) is 38.1. The first-order valence-corrected chi connectivity index (χ1v) is 20.2. The number of hydrogen-bond acceptors (Lipinski definition) is 5. The van der Waals surface area contributed by atoms with E-state index in [4.69, 9.17) is 9.40 Å². The van der Waals surface area contributed by atoms with E-state index < -0.39 is 0 Å². The molecule has 5 heteroatoms. The molecule has 0 spiro atoms. The summed E-state index contributed by atoms with van der Waals surface area (Å²) in [5.74, 6) is 0.584. The Balaban J connectivity index is 1.19. The number of rotatable bonds is 7. The van der Waals surface area contributed by atoms with Crippen LogP contribution in [0, 0.1) is 0 Å². The Kier molecular flexibility index (Phi) is 7.66. The number of anilines is 6. The van der Waals surface area contributed by atoms with Crippen molar-refractivity contribution in [2.24, 2.45) is 0 Å². The van der Waals surface area contributed by atoms with E-state index in [0.29, 0.717) is 5.89 Å². The fraction of sp³-hybridized carbons (Fsp3) is 0.0577. The molecule has 1 aliphatic rings. The minimum atomic E-state index is -0.150. The van der Waals surface area contributed by atoms with Gasteiger partial charge in [-0.15, -0.1) is 11.3 Å². The maximum Gasteiger partial charge on any atom is 0.227 e. The molecule has 0 amide bonds. The topological polar surface area (TPSA) is 32.5 Å². The molecule has 8 aromatic carbocycles. The first-order chi connectivity index (χ1) is 28.0. The Hall–Kier alpha value is -6.95. The van der Waals surface area contributed by atoms with Crippen LogP contribution in [-0.2, 0) is 5.41 Å². The molecule has 0 saturated carbocycles. The van der Waals surface area contributed by atoms with Gasteiger partial charge in [-0.05, 0) is 95.1 Å². The summed E-state index contributed by atoms with van der Waals surface area (Å²) < 4.78 is 9.35. The zero-order valence-electron chi connectivity index (χ0n) is 31.6. The maximum atomic E-state index is 6.88. The lowest BCUT2D eigenvalue weighted by atomic mass is 9.82. The average molecular weight is 752 g/mol. The number of nitrogens with zero attached hydrogens (tertiary/aromatic N) is 3. The van der Waals surface area contributed by atoms with Crippen LogP contribution >= 0.6 is 11.3 Å². The van der Waals surface area contributed by atoms with Crippen molar-refractivity contribution in [1.29, 1.82) is 0 Å². The van der Waals surface area contributed by atoms with Crippen LogP contribution in [0.15, 0.2) is 192 Å². The highest BCUT2D eigenvalue weighted by molar-refractivity contribution is 7.26. The molecular formula is C52H37N3OS. The van der Waals surface area contributed by atoms with E-state index >= 15 is 0 Å². The summed E-state index contributed by atoms with van der Waals surface area (Å²) in [6.45, 7) is 4.68. The van der Waals surface area contributed by atoms with Gasteiger partial charge in [-0.3, -0.25) is 0 Å². The molecule has 272 valence electrons. The monoisotopic (exact) mass is 751 g/mol. The van der Waals surface area contributed by atoms with E-state index in [-0.39, 0.29) is 5.41 Å². The van der Waals surface area contributed by atoms with Gasteiger partial charge in [0.2, 0.25) is 5.89 Å². The minimum absolute atomic E-state index is 0.150.